The standard InChI is InChI=1S/C11H14N2OS/c1-7-4-9(6-15-7)11(14)10-5-12-13(3)8(10)2/h4-6,11,14H,1-3H3. The van der Waals surface area contributed by atoms with E-state index in [0.717, 1.165) is 16.8 Å². The lowest BCUT2D eigenvalue weighted by atomic mass is 10.1. The highest BCUT2D eigenvalue weighted by Gasteiger charge is 2.16. The maximum atomic E-state index is 10.2. The van der Waals surface area contributed by atoms with E-state index >= 15 is 0 Å². The van der Waals surface area contributed by atoms with Gasteiger partial charge < -0.3 is 5.11 Å². The monoisotopic (exact) mass is 222 g/mol. The molecule has 2 aromatic heterocycles. The summed E-state index contributed by atoms with van der Waals surface area (Å²) < 4.78 is 1.78. The van der Waals surface area contributed by atoms with Gasteiger partial charge in [0.05, 0.1) is 6.20 Å². The molecule has 15 heavy (non-hydrogen) atoms. The van der Waals surface area contributed by atoms with Crippen molar-refractivity contribution in [2.24, 2.45) is 7.05 Å². The van der Waals surface area contributed by atoms with Crippen LogP contribution < -0.4 is 0 Å². The minimum atomic E-state index is -0.552. The number of hydrogen-bond donors (Lipinski definition) is 1. The van der Waals surface area contributed by atoms with Gasteiger partial charge in [0.2, 0.25) is 0 Å². The van der Waals surface area contributed by atoms with Crippen LogP contribution in [0.15, 0.2) is 17.6 Å². The summed E-state index contributed by atoms with van der Waals surface area (Å²) in [5.74, 6) is 0. The number of aromatic nitrogens is 2. The fourth-order valence-corrected chi connectivity index (χ4v) is 2.29. The third-order valence-corrected chi connectivity index (χ3v) is 3.51. The van der Waals surface area contributed by atoms with Gasteiger partial charge in [0.15, 0.2) is 0 Å². The summed E-state index contributed by atoms with van der Waals surface area (Å²) in [6.07, 6.45) is 1.18. The van der Waals surface area contributed by atoms with Gasteiger partial charge in [-0.25, -0.2) is 0 Å². The van der Waals surface area contributed by atoms with Gasteiger partial charge in [-0.3, -0.25) is 4.68 Å². The average molecular weight is 222 g/mol. The molecule has 0 aromatic carbocycles. The third-order valence-electron chi connectivity index (χ3n) is 2.63. The Hall–Kier alpha value is -1.13. The first-order valence-corrected chi connectivity index (χ1v) is 5.69. The lowest BCUT2D eigenvalue weighted by Gasteiger charge is -2.07. The molecule has 0 saturated heterocycles. The Labute approximate surface area is 93.0 Å². The Morgan fingerprint density at radius 3 is 2.67 bits per heavy atom. The number of aliphatic hydroxyl groups is 1. The molecule has 0 radical (unpaired) electrons. The fourth-order valence-electron chi connectivity index (χ4n) is 1.57. The van der Waals surface area contributed by atoms with E-state index in [1.807, 2.05) is 32.3 Å². The number of aryl methyl sites for hydroxylation is 2. The van der Waals surface area contributed by atoms with Gasteiger partial charge in [-0.2, -0.15) is 5.10 Å². The van der Waals surface area contributed by atoms with Crippen molar-refractivity contribution in [3.8, 4) is 0 Å². The largest absolute Gasteiger partial charge is 0.383 e. The predicted molar refractivity (Wildman–Crippen MR) is 61.1 cm³/mol. The van der Waals surface area contributed by atoms with Crippen molar-refractivity contribution in [3.63, 3.8) is 0 Å². The van der Waals surface area contributed by atoms with Crippen LogP contribution in [0.4, 0.5) is 0 Å². The normalized spacial score (nSPS) is 13.1. The molecule has 2 aromatic rings. The second-order valence-corrected chi connectivity index (χ2v) is 4.82. The van der Waals surface area contributed by atoms with Crippen LogP contribution in [-0.4, -0.2) is 14.9 Å². The number of rotatable bonds is 2. The topological polar surface area (TPSA) is 38.1 Å². The summed E-state index contributed by atoms with van der Waals surface area (Å²) in [6, 6.07) is 2.02. The molecule has 0 spiro atoms. The molecule has 0 aliphatic carbocycles. The van der Waals surface area contributed by atoms with E-state index in [2.05, 4.69) is 5.10 Å². The molecular weight excluding hydrogens is 208 g/mol. The maximum Gasteiger partial charge on any atom is 0.108 e. The van der Waals surface area contributed by atoms with Gasteiger partial charge in [0, 0.05) is 23.2 Å². The molecule has 0 bridgehead atoms. The quantitative estimate of drug-likeness (QED) is 0.845. The first-order valence-electron chi connectivity index (χ1n) is 4.81. The molecule has 4 heteroatoms. The summed E-state index contributed by atoms with van der Waals surface area (Å²) in [4.78, 5) is 1.21. The molecule has 2 heterocycles. The zero-order valence-electron chi connectivity index (χ0n) is 9.06. The van der Waals surface area contributed by atoms with E-state index in [1.54, 1.807) is 22.2 Å². The van der Waals surface area contributed by atoms with Crippen molar-refractivity contribution in [2.45, 2.75) is 20.0 Å². The Balaban J connectivity index is 2.36. The first-order chi connectivity index (χ1) is 7.09. The number of nitrogens with zero attached hydrogens (tertiary/aromatic N) is 2. The molecule has 0 saturated carbocycles. The Kier molecular flexibility index (Phi) is 2.63. The predicted octanol–water partition coefficient (Wildman–Crippen LogP) is 2.18. The van der Waals surface area contributed by atoms with Crippen molar-refractivity contribution < 1.29 is 5.11 Å². The minimum absolute atomic E-state index is 0.552. The van der Waals surface area contributed by atoms with Gasteiger partial charge in [0.1, 0.15) is 6.10 Å². The zero-order valence-corrected chi connectivity index (χ0v) is 9.88. The Morgan fingerprint density at radius 1 is 1.47 bits per heavy atom. The second-order valence-electron chi connectivity index (χ2n) is 3.70. The lowest BCUT2D eigenvalue weighted by Crippen LogP contribution is -2.00. The minimum Gasteiger partial charge on any atom is -0.383 e. The average Bonchev–Trinajstić information content (AvgIpc) is 2.75. The smallest absolute Gasteiger partial charge is 0.108 e. The fraction of sp³-hybridized carbons (Fsp3) is 0.364. The van der Waals surface area contributed by atoms with Gasteiger partial charge in [-0.15, -0.1) is 11.3 Å². The van der Waals surface area contributed by atoms with Crippen molar-refractivity contribution in [3.05, 3.63) is 39.3 Å². The molecular formula is C11H14N2OS. The van der Waals surface area contributed by atoms with Crippen molar-refractivity contribution in [2.75, 3.05) is 0 Å². The third kappa shape index (κ3) is 1.82. The van der Waals surface area contributed by atoms with Crippen molar-refractivity contribution in [1.82, 2.24) is 9.78 Å². The van der Waals surface area contributed by atoms with E-state index in [1.165, 1.54) is 4.88 Å². The van der Waals surface area contributed by atoms with Crippen LogP contribution in [0.2, 0.25) is 0 Å². The van der Waals surface area contributed by atoms with Crippen LogP contribution in [0.25, 0.3) is 0 Å². The van der Waals surface area contributed by atoms with Crippen LogP contribution >= 0.6 is 11.3 Å². The summed E-state index contributed by atoms with van der Waals surface area (Å²) in [5, 5.41) is 16.3. The highest BCUT2D eigenvalue weighted by atomic mass is 32.1. The molecule has 1 N–H and O–H groups in total. The van der Waals surface area contributed by atoms with E-state index in [4.69, 9.17) is 0 Å². The summed E-state index contributed by atoms with van der Waals surface area (Å²) in [5.41, 5.74) is 2.84. The van der Waals surface area contributed by atoms with Crippen LogP contribution in [0.5, 0.6) is 0 Å². The van der Waals surface area contributed by atoms with E-state index in [-0.39, 0.29) is 0 Å². The first kappa shape index (κ1) is 10.4. The maximum absolute atomic E-state index is 10.2. The molecule has 0 fully saturated rings. The van der Waals surface area contributed by atoms with Gasteiger partial charge in [-0.05, 0) is 30.9 Å². The van der Waals surface area contributed by atoms with Crippen LogP contribution in [-0.2, 0) is 7.05 Å². The van der Waals surface area contributed by atoms with E-state index in [0.29, 0.717) is 0 Å². The molecule has 1 atom stereocenters. The SMILES string of the molecule is Cc1cc(C(O)c2cnn(C)c2C)cs1. The van der Waals surface area contributed by atoms with Crippen LogP contribution in [0, 0.1) is 13.8 Å². The summed E-state index contributed by atoms with van der Waals surface area (Å²) in [6.45, 7) is 4.00. The molecule has 80 valence electrons. The second kappa shape index (κ2) is 3.79. The number of hydrogen-bond acceptors (Lipinski definition) is 3. The lowest BCUT2D eigenvalue weighted by molar-refractivity contribution is 0.220. The number of thiophene rings is 1. The number of aliphatic hydroxyl groups excluding tert-OH is 1. The van der Waals surface area contributed by atoms with Crippen LogP contribution in [0.3, 0.4) is 0 Å². The molecule has 2 rings (SSSR count). The van der Waals surface area contributed by atoms with Gasteiger partial charge in [0.25, 0.3) is 0 Å². The summed E-state index contributed by atoms with van der Waals surface area (Å²) >= 11 is 1.65. The molecule has 0 amide bonds. The van der Waals surface area contributed by atoms with E-state index < -0.39 is 6.10 Å². The highest BCUT2D eigenvalue weighted by molar-refractivity contribution is 7.10. The Morgan fingerprint density at radius 2 is 2.20 bits per heavy atom. The molecule has 3 nitrogen and oxygen atoms in total. The van der Waals surface area contributed by atoms with Gasteiger partial charge >= 0.3 is 0 Å². The zero-order chi connectivity index (χ0) is 11.0. The molecule has 0 aliphatic rings. The summed E-state index contributed by atoms with van der Waals surface area (Å²) in [7, 11) is 1.88. The van der Waals surface area contributed by atoms with Gasteiger partial charge in [-0.1, -0.05) is 0 Å². The molecule has 1 unspecified atom stereocenters. The van der Waals surface area contributed by atoms with Crippen molar-refractivity contribution >= 4 is 11.3 Å². The van der Waals surface area contributed by atoms with Crippen molar-refractivity contribution in [1.29, 1.82) is 0 Å². The molecule has 0 aliphatic heterocycles. The Bertz CT molecular complexity index is 473. The van der Waals surface area contributed by atoms with E-state index in [9.17, 15) is 5.11 Å². The highest BCUT2D eigenvalue weighted by Crippen LogP contribution is 2.27. The van der Waals surface area contributed by atoms with Crippen LogP contribution in [0.1, 0.15) is 27.8 Å².